The molecule has 5 nitrogen and oxygen atoms in total. The van der Waals surface area contributed by atoms with Gasteiger partial charge in [-0.05, 0) is 6.42 Å². The second kappa shape index (κ2) is 7.77. The Morgan fingerprint density at radius 2 is 2.27 bits per heavy atom. The first kappa shape index (κ1) is 17.0. The maximum absolute atomic E-state index is 11.4. The van der Waals surface area contributed by atoms with Crippen LogP contribution in [0, 0.1) is 11.8 Å². The molecule has 124 valence electrons. The topological polar surface area (TPSA) is 72.8 Å². The van der Waals surface area contributed by atoms with E-state index in [2.05, 4.69) is 6.92 Å². The molecule has 1 saturated heterocycles. The van der Waals surface area contributed by atoms with Crippen LogP contribution in [0.25, 0.3) is 0 Å². The molecular formula is C17H26O5. The third-order valence-electron chi connectivity index (χ3n) is 4.53. The van der Waals surface area contributed by atoms with Crippen LogP contribution in [0.2, 0.25) is 0 Å². The quantitative estimate of drug-likeness (QED) is 0.444. The monoisotopic (exact) mass is 310 g/mol. The van der Waals surface area contributed by atoms with Crippen LogP contribution in [0.4, 0.5) is 0 Å². The van der Waals surface area contributed by atoms with Crippen LogP contribution in [-0.2, 0) is 19.1 Å². The van der Waals surface area contributed by atoms with Crippen LogP contribution in [0.1, 0.15) is 52.4 Å². The minimum atomic E-state index is -0.485. The molecule has 1 aliphatic heterocycles. The Morgan fingerprint density at radius 3 is 2.95 bits per heavy atom. The highest BCUT2D eigenvalue weighted by molar-refractivity contribution is 5.72. The summed E-state index contributed by atoms with van der Waals surface area (Å²) in [4.78, 5) is 22.7. The first-order chi connectivity index (χ1) is 10.5. The van der Waals surface area contributed by atoms with Crippen LogP contribution < -0.4 is 0 Å². The van der Waals surface area contributed by atoms with Crippen molar-refractivity contribution in [3.8, 4) is 0 Å². The molecule has 0 radical (unpaired) electrons. The van der Waals surface area contributed by atoms with Crippen LogP contribution in [-0.4, -0.2) is 35.4 Å². The van der Waals surface area contributed by atoms with E-state index in [4.69, 9.17) is 9.47 Å². The second-order valence-electron chi connectivity index (χ2n) is 6.31. The number of fused-ring (bicyclic) bond motifs is 1. The Bertz CT molecular complexity index is 431. The van der Waals surface area contributed by atoms with Gasteiger partial charge in [-0.1, -0.05) is 38.3 Å². The fourth-order valence-corrected chi connectivity index (χ4v) is 3.46. The van der Waals surface area contributed by atoms with E-state index in [9.17, 15) is 14.7 Å². The van der Waals surface area contributed by atoms with Crippen molar-refractivity contribution in [3.05, 3.63) is 12.2 Å². The molecule has 1 saturated carbocycles. The summed E-state index contributed by atoms with van der Waals surface area (Å²) in [6.07, 6.45) is 7.66. The van der Waals surface area contributed by atoms with Crippen LogP contribution >= 0.6 is 0 Å². The number of rotatable bonds is 7. The lowest BCUT2D eigenvalue weighted by atomic mass is 9.91. The van der Waals surface area contributed by atoms with Crippen molar-refractivity contribution in [2.24, 2.45) is 11.8 Å². The molecule has 0 bridgehead atoms. The first-order valence-electron chi connectivity index (χ1n) is 8.24. The highest BCUT2D eigenvalue weighted by Gasteiger charge is 2.50. The zero-order chi connectivity index (χ0) is 16.1. The van der Waals surface area contributed by atoms with E-state index < -0.39 is 6.10 Å². The number of ether oxygens (including phenoxy) is 2. The minimum absolute atomic E-state index is 0.0518. The molecule has 1 heterocycles. The summed E-state index contributed by atoms with van der Waals surface area (Å²) >= 11 is 0. The summed E-state index contributed by atoms with van der Waals surface area (Å²) in [5, 5.41) is 10.0. The van der Waals surface area contributed by atoms with E-state index in [1.165, 1.54) is 6.92 Å². The van der Waals surface area contributed by atoms with Crippen molar-refractivity contribution < 1.29 is 24.2 Å². The van der Waals surface area contributed by atoms with Gasteiger partial charge in [-0.15, -0.1) is 0 Å². The average molecular weight is 310 g/mol. The fourth-order valence-electron chi connectivity index (χ4n) is 3.46. The predicted octanol–water partition coefficient (Wildman–Crippen LogP) is 2.37. The van der Waals surface area contributed by atoms with E-state index in [-0.39, 0.29) is 36.0 Å². The summed E-state index contributed by atoms with van der Waals surface area (Å²) in [5.74, 6) is -0.506. The van der Waals surface area contributed by atoms with Crippen LogP contribution in [0.3, 0.4) is 0 Å². The van der Waals surface area contributed by atoms with Crippen molar-refractivity contribution in [3.63, 3.8) is 0 Å². The number of aliphatic hydroxyl groups is 1. The summed E-state index contributed by atoms with van der Waals surface area (Å²) in [5.41, 5.74) is 0. The van der Waals surface area contributed by atoms with E-state index in [1.807, 2.05) is 6.08 Å². The van der Waals surface area contributed by atoms with Gasteiger partial charge in [0.15, 0.2) is 0 Å². The van der Waals surface area contributed by atoms with Gasteiger partial charge < -0.3 is 14.6 Å². The third-order valence-corrected chi connectivity index (χ3v) is 4.53. The molecule has 5 heteroatoms. The smallest absolute Gasteiger partial charge is 0.306 e. The number of esters is 2. The zero-order valence-electron chi connectivity index (χ0n) is 13.4. The summed E-state index contributed by atoms with van der Waals surface area (Å²) in [6, 6.07) is 0. The fraction of sp³-hybridized carbons (Fsp3) is 0.765. The van der Waals surface area contributed by atoms with Crippen molar-refractivity contribution in [1.29, 1.82) is 0 Å². The zero-order valence-corrected chi connectivity index (χ0v) is 13.4. The molecule has 2 aliphatic rings. The molecule has 1 aliphatic carbocycles. The average Bonchev–Trinajstić information content (AvgIpc) is 2.92. The van der Waals surface area contributed by atoms with E-state index >= 15 is 0 Å². The normalized spacial score (nSPS) is 32.0. The maximum Gasteiger partial charge on any atom is 0.306 e. The van der Waals surface area contributed by atoms with E-state index in [0.717, 1.165) is 25.7 Å². The SMILES string of the molecule is CCCCC[C@H](O)/C=C/[C@@H]1[C@H]2CC(=O)O[C@H]2C[C@H]1OC(C)=O. The van der Waals surface area contributed by atoms with Crippen molar-refractivity contribution in [2.75, 3.05) is 0 Å². The Labute approximate surface area is 131 Å². The molecule has 2 rings (SSSR count). The molecular weight excluding hydrogens is 284 g/mol. The molecule has 0 unspecified atom stereocenters. The number of hydrogen-bond donors (Lipinski definition) is 1. The lowest BCUT2D eigenvalue weighted by molar-refractivity contribution is -0.149. The lowest BCUT2D eigenvalue weighted by Gasteiger charge is -2.19. The van der Waals surface area contributed by atoms with E-state index in [1.54, 1.807) is 6.08 Å². The Morgan fingerprint density at radius 1 is 1.50 bits per heavy atom. The van der Waals surface area contributed by atoms with Crippen LogP contribution in [0.5, 0.6) is 0 Å². The number of carbonyl (C=O) groups is 2. The van der Waals surface area contributed by atoms with Gasteiger partial charge >= 0.3 is 11.9 Å². The van der Waals surface area contributed by atoms with Gasteiger partial charge in [0.05, 0.1) is 12.5 Å². The minimum Gasteiger partial charge on any atom is -0.462 e. The van der Waals surface area contributed by atoms with Gasteiger partial charge in [0.2, 0.25) is 0 Å². The largest absolute Gasteiger partial charge is 0.462 e. The van der Waals surface area contributed by atoms with Crippen LogP contribution in [0.15, 0.2) is 12.2 Å². The second-order valence-corrected chi connectivity index (χ2v) is 6.31. The molecule has 0 aromatic carbocycles. The van der Waals surface area contributed by atoms with E-state index in [0.29, 0.717) is 12.8 Å². The Balaban J connectivity index is 1.97. The standard InChI is InChI=1S/C17H26O5/c1-3-4-5-6-12(19)7-8-13-14-9-17(20)22-16(14)10-15(13)21-11(2)18/h7-8,12-16,19H,3-6,9-10H2,1-2H3/b8-7+/t12-,13+,14+,15+,16-/m0/s1. The van der Waals surface area contributed by atoms with Crippen molar-refractivity contribution >= 4 is 11.9 Å². The highest BCUT2D eigenvalue weighted by atomic mass is 16.6. The lowest BCUT2D eigenvalue weighted by Crippen LogP contribution is -2.23. The number of aliphatic hydroxyl groups excluding tert-OH is 1. The number of hydrogen-bond acceptors (Lipinski definition) is 5. The Kier molecular flexibility index (Phi) is 6.00. The van der Waals surface area contributed by atoms with Gasteiger partial charge in [0, 0.05) is 25.2 Å². The van der Waals surface area contributed by atoms with Gasteiger partial charge in [0.25, 0.3) is 0 Å². The molecule has 5 atom stereocenters. The van der Waals surface area contributed by atoms with Gasteiger partial charge in [-0.2, -0.15) is 0 Å². The maximum atomic E-state index is 11.4. The predicted molar refractivity (Wildman–Crippen MR) is 80.9 cm³/mol. The molecule has 2 fully saturated rings. The molecule has 0 aromatic heterocycles. The van der Waals surface area contributed by atoms with Crippen molar-refractivity contribution in [1.82, 2.24) is 0 Å². The van der Waals surface area contributed by atoms with Gasteiger partial charge in [-0.3, -0.25) is 9.59 Å². The summed E-state index contributed by atoms with van der Waals surface area (Å²) in [6.45, 7) is 3.52. The van der Waals surface area contributed by atoms with Gasteiger partial charge in [0.1, 0.15) is 12.2 Å². The molecule has 1 N–H and O–H groups in total. The molecule has 0 amide bonds. The molecule has 0 aromatic rings. The molecule has 22 heavy (non-hydrogen) atoms. The summed E-state index contributed by atoms with van der Waals surface area (Å²) < 4.78 is 10.7. The molecule has 0 spiro atoms. The Hall–Kier alpha value is -1.36. The van der Waals surface area contributed by atoms with Crippen molar-refractivity contribution in [2.45, 2.75) is 70.7 Å². The number of carbonyl (C=O) groups excluding carboxylic acids is 2. The summed E-state index contributed by atoms with van der Waals surface area (Å²) in [7, 11) is 0. The van der Waals surface area contributed by atoms with Gasteiger partial charge in [-0.25, -0.2) is 0 Å². The first-order valence-corrected chi connectivity index (χ1v) is 8.24. The third kappa shape index (κ3) is 4.32. The highest BCUT2D eigenvalue weighted by Crippen LogP contribution is 2.43. The number of unbranched alkanes of at least 4 members (excludes halogenated alkanes) is 2.